The molecule has 0 bridgehead atoms. The van der Waals surface area contributed by atoms with E-state index in [0.29, 0.717) is 30.4 Å². The lowest BCUT2D eigenvalue weighted by Gasteiger charge is -2.38. The zero-order valence-electron chi connectivity index (χ0n) is 27.5. The van der Waals surface area contributed by atoms with Crippen LogP contribution in [0.4, 0.5) is 8.78 Å². The maximum Gasteiger partial charge on any atom is 0.200 e. The lowest BCUT2D eigenvalue weighted by atomic mass is 9.68. The molecule has 0 radical (unpaired) electrons. The Hall–Kier alpha value is -1.12. The highest BCUT2D eigenvalue weighted by atomic mass is 19.2. The third-order valence-electron chi connectivity index (χ3n) is 11.8. The lowest BCUT2D eigenvalue weighted by molar-refractivity contribution is 0.140. The standard InChI is InChI=1S/C39H64F2O/c1-3-5-7-8-10-12-31-17-22-34(23-18-31)35-24-19-32(20-25-35)21-26-36-27-28-37(39(41)38(36)40)42-29-33-15-13-30(14-16-33)11-9-6-4-2/h27-28,30-35H,3-26,29H2,1-2H3. The van der Waals surface area contributed by atoms with Gasteiger partial charge in [0.2, 0.25) is 5.82 Å². The Morgan fingerprint density at radius 1 is 0.548 bits per heavy atom. The normalized spacial score (nSPS) is 28.6. The van der Waals surface area contributed by atoms with E-state index in [1.807, 2.05) is 0 Å². The average Bonchev–Trinajstić information content (AvgIpc) is 3.02. The van der Waals surface area contributed by atoms with Crippen molar-refractivity contribution in [1.29, 1.82) is 0 Å². The predicted molar refractivity (Wildman–Crippen MR) is 174 cm³/mol. The van der Waals surface area contributed by atoms with Crippen LogP contribution in [-0.4, -0.2) is 6.61 Å². The molecule has 42 heavy (non-hydrogen) atoms. The summed E-state index contributed by atoms with van der Waals surface area (Å²) in [6.07, 6.45) is 31.4. The van der Waals surface area contributed by atoms with E-state index in [1.165, 1.54) is 128 Å². The lowest BCUT2D eigenvalue weighted by Crippen LogP contribution is -2.26. The fraction of sp³-hybridized carbons (Fsp3) is 0.846. The summed E-state index contributed by atoms with van der Waals surface area (Å²) in [6.45, 7) is 5.07. The summed E-state index contributed by atoms with van der Waals surface area (Å²) in [7, 11) is 0. The molecule has 0 unspecified atom stereocenters. The summed E-state index contributed by atoms with van der Waals surface area (Å²) in [5, 5.41) is 0. The first kappa shape index (κ1) is 33.8. The van der Waals surface area contributed by atoms with Gasteiger partial charge in [0.05, 0.1) is 6.61 Å². The zero-order chi connectivity index (χ0) is 29.6. The van der Waals surface area contributed by atoms with Gasteiger partial charge < -0.3 is 4.74 Å². The van der Waals surface area contributed by atoms with Crippen molar-refractivity contribution in [3.8, 4) is 5.75 Å². The largest absolute Gasteiger partial charge is 0.490 e. The number of ether oxygens (including phenoxy) is 1. The van der Waals surface area contributed by atoms with Crippen molar-refractivity contribution in [2.75, 3.05) is 6.61 Å². The number of hydrogen-bond donors (Lipinski definition) is 0. The van der Waals surface area contributed by atoms with E-state index in [1.54, 1.807) is 12.1 Å². The molecule has 3 aliphatic carbocycles. The topological polar surface area (TPSA) is 9.23 Å². The maximum atomic E-state index is 15.0. The van der Waals surface area contributed by atoms with Crippen molar-refractivity contribution < 1.29 is 13.5 Å². The minimum Gasteiger partial charge on any atom is -0.490 e. The van der Waals surface area contributed by atoms with E-state index in [0.717, 1.165) is 42.9 Å². The summed E-state index contributed by atoms with van der Waals surface area (Å²) in [5.74, 6) is 3.49. The fourth-order valence-corrected chi connectivity index (χ4v) is 8.75. The van der Waals surface area contributed by atoms with Gasteiger partial charge in [-0.1, -0.05) is 123 Å². The average molecular weight is 587 g/mol. The molecule has 3 aliphatic rings. The minimum absolute atomic E-state index is 0.105. The van der Waals surface area contributed by atoms with Crippen LogP contribution in [-0.2, 0) is 6.42 Å². The molecule has 1 aromatic rings. The Kier molecular flexibility index (Phi) is 15.0. The highest BCUT2D eigenvalue weighted by Crippen LogP contribution is 2.43. The third kappa shape index (κ3) is 10.8. The highest BCUT2D eigenvalue weighted by Gasteiger charge is 2.31. The summed E-state index contributed by atoms with van der Waals surface area (Å²) in [4.78, 5) is 0. The van der Waals surface area contributed by atoms with Gasteiger partial charge in [-0.05, 0) is 98.5 Å². The first-order valence-electron chi connectivity index (χ1n) is 18.7. The van der Waals surface area contributed by atoms with Gasteiger partial charge in [-0.15, -0.1) is 0 Å². The molecule has 1 nitrogen and oxygen atoms in total. The molecule has 0 spiro atoms. The second kappa shape index (κ2) is 18.6. The molecule has 0 N–H and O–H groups in total. The molecule has 1 aromatic carbocycles. The molecule has 0 aromatic heterocycles. The summed E-state index contributed by atoms with van der Waals surface area (Å²) in [5.41, 5.74) is 0.530. The number of unbranched alkanes of at least 4 members (excludes halogenated alkanes) is 6. The predicted octanol–water partition coefficient (Wildman–Crippen LogP) is 12.6. The van der Waals surface area contributed by atoms with E-state index in [4.69, 9.17) is 4.74 Å². The van der Waals surface area contributed by atoms with E-state index in [9.17, 15) is 8.78 Å². The molecule has 0 atom stereocenters. The van der Waals surface area contributed by atoms with Crippen LogP contribution < -0.4 is 4.74 Å². The van der Waals surface area contributed by atoms with Gasteiger partial charge in [0, 0.05) is 0 Å². The first-order valence-corrected chi connectivity index (χ1v) is 18.7. The SMILES string of the molecule is CCCCCCCC1CCC(C2CCC(CCc3ccc(OCC4CCC(CCCCC)CC4)c(F)c3F)CC2)CC1. The van der Waals surface area contributed by atoms with Crippen LogP contribution >= 0.6 is 0 Å². The van der Waals surface area contributed by atoms with Gasteiger partial charge in [-0.25, -0.2) is 4.39 Å². The van der Waals surface area contributed by atoms with E-state index >= 15 is 0 Å². The Labute approximate surface area is 258 Å². The van der Waals surface area contributed by atoms with Crippen LogP contribution in [0.25, 0.3) is 0 Å². The van der Waals surface area contributed by atoms with Crippen LogP contribution in [0.15, 0.2) is 12.1 Å². The number of rotatable bonds is 17. The van der Waals surface area contributed by atoms with Crippen molar-refractivity contribution in [2.24, 2.45) is 35.5 Å². The second-order valence-corrected chi connectivity index (χ2v) is 14.8. The second-order valence-electron chi connectivity index (χ2n) is 14.8. The summed E-state index contributed by atoms with van der Waals surface area (Å²) in [6, 6.07) is 3.47. The molecule has 3 fully saturated rings. The molecule has 4 rings (SSSR count). The van der Waals surface area contributed by atoms with Crippen molar-refractivity contribution in [2.45, 2.75) is 168 Å². The van der Waals surface area contributed by atoms with Crippen LogP contribution in [0.2, 0.25) is 0 Å². The first-order chi connectivity index (χ1) is 20.6. The van der Waals surface area contributed by atoms with Crippen LogP contribution in [0.5, 0.6) is 5.75 Å². The number of benzene rings is 1. The molecule has 0 aliphatic heterocycles. The molecule has 3 saturated carbocycles. The van der Waals surface area contributed by atoms with Crippen molar-refractivity contribution >= 4 is 0 Å². The minimum atomic E-state index is -0.777. The van der Waals surface area contributed by atoms with Crippen molar-refractivity contribution in [3.63, 3.8) is 0 Å². The summed E-state index contributed by atoms with van der Waals surface area (Å²) < 4.78 is 35.7. The fourth-order valence-electron chi connectivity index (χ4n) is 8.75. The molecule has 0 amide bonds. The number of hydrogen-bond acceptors (Lipinski definition) is 1. The Morgan fingerprint density at radius 3 is 1.62 bits per heavy atom. The molecule has 3 heteroatoms. The van der Waals surface area contributed by atoms with Crippen molar-refractivity contribution in [3.05, 3.63) is 29.3 Å². The van der Waals surface area contributed by atoms with Crippen molar-refractivity contribution in [1.82, 2.24) is 0 Å². The zero-order valence-corrected chi connectivity index (χ0v) is 27.5. The number of aryl methyl sites for hydroxylation is 1. The Bertz CT molecular complexity index is 859. The monoisotopic (exact) mass is 586 g/mol. The Morgan fingerprint density at radius 2 is 1.02 bits per heavy atom. The molecular formula is C39H64F2O. The van der Waals surface area contributed by atoms with Crippen LogP contribution in [0, 0.1) is 47.1 Å². The molecular weight excluding hydrogens is 522 g/mol. The molecule has 0 saturated heterocycles. The van der Waals surface area contributed by atoms with Gasteiger partial charge in [-0.3, -0.25) is 0 Å². The smallest absolute Gasteiger partial charge is 0.200 e. The van der Waals surface area contributed by atoms with E-state index in [2.05, 4.69) is 13.8 Å². The third-order valence-corrected chi connectivity index (χ3v) is 11.8. The van der Waals surface area contributed by atoms with Gasteiger partial charge in [-0.2, -0.15) is 4.39 Å². The Balaban J connectivity index is 1.10. The maximum absolute atomic E-state index is 15.0. The van der Waals surface area contributed by atoms with Gasteiger partial charge in [0.25, 0.3) is 0 Å². The molecule has 0 heterocycles. The van der Waals surface area contributed by atoms with Gasteiger partial charge in [0.1, 0.15) is 0 Å². The quantitative estimate of drug-likeness (QED) is 0.165. The van der Waals surface area contributed by atoms with Gasteiger partial charge >= 0.3 is 0 Å². The number of halogens is 2. The van der Waals surface area contributed by atoms with Crippen LogP contribution in [0.1, 0.15) is 167 Å². The molecule has 240 valence electrons. The van der Waals surface area contributed by atoms with Crippen LogP contribution in [0.3, 0.4) is 0 Å². The highest BCUT2D eigenvalue weighted by molar-refractivity contribution is 5.31. The summed E-state index contributed by atoms with van der Waals surface area (Å²) >= 11 is 0. The van der Waals surface area contributed by atoms with E-state index in [-0.39, 0.29) is 5.75 Å². The van der Waals surface area contributed by atoms with Gasteiger partial charge in [0.15, 0.2) is 11.6 Å². The van der Waals surface area contributed by atoms with E-state index < -0.39 is 11.6 Å².